The number of carbonyl (C=O) groups excluding carboxylic acids is 1. The summed E-state index contributed by atoms with van der Waals surface area (Å²) in [6.45, 7) is 0.772. The number of nitrogens with one attached hydrogen (secondary N) is 1. The molecule has 0 spiro atoms. The lowest BCUT2D eigenvalue weighted by molar-refractivity contribution is 0.0691. The minimum Gasteiger partial charge on any atom is -0.476 e. The highest BCUT2D eigenvalue weighted by molar-refractivity contribution is 5.84. The van der Waals surface area contributed by atoms with Gasteiger partial charge in [-0.25, -0.2) is 14.6 Å². The zero-order chi connectivity index (χ0) is 10.6. The van der Waals surface area contributed by atoms with Gasteiger partial charge in [0.15, 0.2) is 5.69 Å². The van der Waals surface area contributed by atoms with E-state index in [9.17, 15) is 9.59 Å². The highest BCUT2D eigenvalue weighted by Crippen LogP contribution is 1.94. The number of carbonyl (C=O) groups is 2. The molecule has 7 heteroatoms. The van der Waals surface area contributed by atoms with Crippen LogP contribution in [-0.2, 0) is 6.54 Å². The summed E-state index contributed by atoms with van der Waals surface area (Å²) in [5, 5.41) is 10.9. The molecular formula is C7H10N4O3. The van der Waals surface area contributed by atoms with E-state index in [4.69, 9.17) is 10.8 Å². The Morgan fingerprint density at radius 2 is 2.36 bits per heavy atom. The summed E-state index contributed by atoms with van der Waals surface area (Å²) < 4.78 is 1.55. The van der Waals surface area contributed by atoms with Crippen molar-refractivity contribution in [3.63, 3.8) is 0 Å². The molecule has 0 unspecified atom stereocenters. The van der Waals surface area contributed by atoms with Crippen LogP contribution < -0.4 is 11.1 Å². The number of aromatic carboxylic acids is 1. The van der Waals surface area contributed by atoms with Crippen molar-refractivity contribution in [2.75, 3.05) is 6.54 Å². The number of imidazole rings is 1. The van der Waals surface area contributed by atoms with Crippen LogP contribution in [0, 0.1) is 0 Å². The molecular weight excluding hydrogens is 188 g/mol. The van der Waals surface area contributed by atoms with E-state index in [0.29, 0.717) is 13.1 Å². The van der Waals surface area contributed by atoms with Gasteiger partial charge in [0.1, 0.15) is 0 Å². The fourth-order valence-electron chi connectivity index (χ4n) is 0.901. The monoisotopic (exact) mass is 198 g/mol. The molecule has 0 aromatic carbocycles. The molecule has 4 N–H and O–H groups in total. The largest absolute Gasteiger partial charge is 0.476 e. The molecule has 1 heterocycles. The fourth-order valence-corrected chi connectivity index (χ4v) is 0.901. The predicted octanol–water partition coefficient (Wildman–Crippen LogP) is -0.750. The van der Waals surface area contributed by atoms with Gasteiger partial charge in [0.05, 0.1) is 6.33 Å². The second-order valence-electron chi connectivity index (χ2n) is 2.59. The van der Waals surface area contributed by atoms with E-state index in [2.05, 4.69) is 10.3 Å². The van der Waals surface area contributed by atoms with Gasteiger partial charge in [0, 0.05) is 19.3 Å². The Morgan fingerprint density at radius 1 is 1.64 bits per heavy atom. The van der Waals surface area contributed by atoms with E-state index in [1.807, 2.05) is 0 Å². The Morgan fingerprint density at radius 3 is 2.86 bits per heavy atom. The van der Waals surface area contributed by atoms with Gasteiger partial charge in [-0.15, -0.1) is 0 Å². The highest BCUT2D eigenvalue weighted by atomic mass is 16.4. The molecule has 0 saturated heterocycles. The third-order valence-electron chi connectivity index (χ3n) is 1.52. The highest BCUT2D eigenvalue weighted by Gasteiger charge is 2.05. The summed E-state index contributed by atoms with van der Waals surface area (Å²) in [5.41, 5.74) is 4.82. The van der Waals surface area contributed by atoms with Gasteiger partial charge in [-0.1, -0.05) is 0 Å². The van der Waals surface area contributed by atoms with Crippen LogP contribution in [-0.4, -0.2) is 33.2 Å². The van der Waals surface area contributed by atoms with Crippen molar-refractivity contribution >= 4 is 12.0 Å². The van der Waals surface area contributed by atoms with Crippen LogP contribution in [0.2, 0.25) is 0 Å². The number of hydrogen-bond donors (Lipinski definition) is 3. The lowest BCUT2D eigenvalue weighted by atomic mass is 10.5. The van der Waals surface area contributed by atoms with E-state index in [1.165, 1.54) is 12.5 Å². The lowest BCUT2D eigenvalue weighted by Crippen LogP contribution is -2.31. The van der Waals surface area contributed by atoms with Gasteiger partial charge in [-0.3, -0.25) is 0 Å². The number of primary amides is 1. The van der Waals surface area contributed by atoms with E-state index in [1.54, 1.807) is 4.57 Å². The molecule has 0 aliphatic rings. The second kappa shape index (κ2) is 4.26. The summed E-state index contributed by atoms with van der Waals surface area (Å²) >= 11 is 0. The summed E-state index contributed by atoms with van der Waals surface area (Å²) in [6, 6.07) is -0.608. The lowest BCUT2D eigenvalue weighted by Gasteiger charge is -2.01. The average Bonchev–Trinajstić information content (AvgIpc) is 2.52. The Balaban J connectivity index is 2.44. The average molecular weight is 198 g/mol. The topological polar surface area (TPSA) is 110 Å². The maximum atomic E-state index is 10.4. The first kappa shape index (κ1) is 10.0. The normalized spacial score (nSPS) is 9.71. The Bertz CT molecular complexity index is 346. The molecule has 0 saturated carbocycles. The first-order valence-electron chi connectivity index (χ1n) is 3.88. The molecule has 0 aliphatic heterocycles. The molecule has 0 fully saturated rings. The first-order chi connectivity index (χ1) is 6.59. The van der Waals surface area contributed by atoms with E-state index in [0.717, 1.165) is 0 Å². The molecule has 0 bridgehead atoms. The van der Waals surface area contributed by atoms with E-state index in [-0.39, 0.29) is 5.69 Å². The van der Waals surface area contributed by atoms with Crippen molar-refractivity contribution in [2.24, 2.45) is 5.73 Å². The smallest absolute Gasteiger partial charge is 0.356 e. The van der Waals surface area contributed by atoms with Crippen LogP contribution in [0.5, 0.6) is 0 Å². The maximum Gasteiger partial charge on any atom is 0.356 e. The Kier molecular flexibility index (Phi) is 3.05. The molecule has 7 nitrogen and oxygen atoms in total. The number of aromatic nitrogens is 2. The zero-order valence-corrected chi connectivity index (χ0v) is 7.30. The van der Waals surface area contributed by atoms with Gasteiger partial charge >= 0.3 is 12.0 Å². The van der Waals surface area contributed by atoms with Gasteiger partial charge < -0.3 is 20.7 Å². The van der Waals surface area contributed by atoms with E-state index < -0.39 is 12.0 Å². The van der Waals surface area contributed by atoms with Crippen LogP contribution >= 0.6 is 0 Å². The molecule has 0 radical (unpaired) electrons. The molecule has 0 aliphatic carbocycles. The van der Waals surface area contributed by atoms with Crippen molar-refractivity contribution in [1.82, 2.24) is 14.9 Å². The van der Waals surface area contributed by atoms with Crippen molar-refractivity contribution in [1.29, 1.82) is 0 Å². The molecule has 0 atom stereocenters. The summed E-state index contributed by atoms with van der Waals surface area (Å²) in [5.74, 6) is -1.08. The van der Waals surface area contributed by atoms with Crippen LogP contribution in [0.1, 0.15) is 10.5 Å². The predicted molar refractivity (Wildman–Crippen MR) is 46.8 cm³/mol. The zero-order valence-electron chi connectivity index (χ0n) is 7.30. The first-order valence-corrected chi connectivity index (χ1v) is 3.88. The van der Waals surface area contributed by atoms with Crippen LogP contribution in [0.3, 0.4) is 0 Å². The third kappa shape index (κ3) is 2.77. The minimum absolute atomic E-state index is 0.0240. The Labute approximate surface area is 79.5 Å². The SMILES string of the molecule is NC(=O)NCCn1cnc(C(=O)O)c1. The summed E-state index contributed by atoms with van der Waals surface area (Å²) in [6.07, 6.45) is 2.76. The van der Waals surface area contributed by atoms with Crippen LogP contribution in [0.25, 0.3) is 0 Å². The summed E-state index contributed by atoms with van der Waals surface area (Å²) in [4.78, 5) is 24.4. The number of rotatable bonds is 4. The molecule has 1 aromatic rings. The Hall–Kier alpha value is -2.05. The standard InChI is InChI=1S/C7H10N4O3/c8-7(14)9-1-2-11-3-5(6(12)13)10-4-11/h3-4H,1-2H2,(H,12,13)(H3,8,9,14). The van der Waals surface area contributed by atoms with Crippen molar-refractivity contribution < 1.29 is 14.7 Å². The number of urea groups is 1. The molecule has 2 amide bonds. The van der Waals surface area contributed by atoms with E-state index >= 15 is 0 Å². The maximum absolute atomic E-state index is 10.4. The summed E-state index contributed by atoms with van der Waals surface area (Å²) in [7, 11) is 0. The van der Waals surface area contributed by atoms with Gasteiger partial charge in [0.25, 0.3) is 0 Å². The quantitative estimate of drug-likeness (QED) is 0.591. The van der Waals surface area contributed by atoms with Gasteiger partial charge in [0.2, 0.25) is 0 Å². The van der Waals surface area contributed by atoms with Crippen molar-refractivity contribution in [3.8, 4) is 0 Å². The molecule has 1 aromatic heterocycles. The van der Waals surface area contributed by atoms with Crippen molar-refractivity contribution in [2.45, 2.75) is 6.54 Å². The second-order valence-corrected chi connectivity index (χ2v) is 2.59. The molecule has 76 valence electrons. The number of nitrogens with two attached hydrogens (primary N) is 1. The van der Waals surface area contributed by atoms with Crippen molar-refractivity contribution in [3.05, 3.63) is 18.2 Å². The van der Waals surface area contributed by atoms with Gasteiger partial charge in [-0.05, 0) is 0 Å². The third-order valence-corrected chi connectivity index (χ3v) is 1.52. The fraction of sp³-hybridized carbons (Fsp3) is 0.286. The number of nitrogens with zero attached hydrogens (tertiary/aromatic N) is 2. The number of carboxylic acid groups (broad SMARTS) is 1. The number of carboxylic acids is 1. The van der Waals surface area contributed by atoms with Crippen LogP contribution in [0.4, 0.5) is 4.79 Å². The minimum atomic E-state index is -1.08. The van der Waals surface area contributed by atoms with Gasteiger partial charge in [-0.2, -0.15) is 0 Å². The number of amides is 2. The van der Waals surface area contributed by atoms with Crippen LogP contribution in [0.15, 0.2) is 12.5 Å². The molecule has 1 rings (SSSR count). The molecule has 14 heavy (non-hydrogen) atoms. The number of hydrogen-bond acceptors (Lipinski definition) is 3.